The molecule has 0 aromatic heterocycles. The van der Waals surface area contributed by atoms with Crippen LogP contribution >= 0.6 is 11.6 Å². The van der Waals surface area contributed by atoms with E-state index in [2.05, 4.69) is 0 Å². The van der Waals surface area contributed by atoms with Crippen LogP contribution in [0.15, 0.2) is 24.3 Å². The van der Waals surface area contributed by atoms with Gasteiger partial charge in [0.25, 0.3) is 0 Å². The number of esters is 1. The molecule has 1 saturated carbocycles. The van der Waals surface area contributed by atoms with E-state index in [9.17, 15) is 14.3 Å². The van der Waals surface area contributed by atoms with Crippen molar-refractivity contribution in [1.29, 1.82) is 0 Å². The highest BCUT2D eigenvalue weighted by molar-refractivity contribution is 6.30. The van der Waals surface area contributed by atoms with Gasteiger partial charge in [-0.25, -0.2) is 4.39 Å². The van der Waals surface area contributed by atoms with E-state index in [0.717, 1.165) is 0 Å². The van der Waals surface area contributed by atoms with Gasteiger partial charge in [-0.2, -0.15) is 0 Å². The number of aliphatic hydroxyl groups excluding tert-OH is 1. The highest BCUT2D eigenvalue weighted by atomic mass is 35.5. The van der Waals surface area contributed by atoms with E-state index in [0.29, 0.717) is 36.5 Å². The lowest BCUT2D eigenvalue weighted by molar-refractivity contribution is -0.141. The minimum atomic E-state index is -1.13. The van der Waals surface area contributed by atoms with Gasteiger partial charge in [-0.3, -0.25) is 4.79 Å². The molecule has 2 aliphatic rings. The van der Waals surface area contributed by atoms with Gasteiger partial charge in [0, 0.05) is 17.4 Å². The molecular weight excluding hydrogens is 323 g/mol. The molecule has 0 spiro atoms. The van der Waals surface area contributed by atoms with Gasteiger partial charge in [0.05, 0.1) is 12.5 Å². The molecule has 3 rings (SSSR count). The zero-order valence-corrected chi connectivity index (χ0v) is 13.4. The summed E-state index contributed by atoms with van der Waals surface area (Å²) in [7, 11) is 0. The van der Waals surface area contributed by atoms with E-state index in [4.69, 9.17) is 21.1 Å². The number of hydrogen-bond acceptors (Lipinski definition) is 4. The predicted octanol–water partition coefficient (Wildman–Crippen LogP) is 3.15. The first kappa shape index (κ1) is 16.5. The topological polar surface area (TPSA) is 55.8 Å². The molecule has 1 aromatic carbocycles. The second-order valence-electron chi connectivity index (χ2n) is 6.31. The second-order valence-corrected chi connectivity index (χ2v) is 6.74. The lowest BCUT2D eigenvalue weighted by Crippen LogP contribution is -2.23. The van der Waals surface area contributed by atoms with Crippen molar-refractivity contribution >= 4 is 17.6 Å². The smallest absolute Gasteiger partial charge is 0.306 e. The van der Waals surface area contributed by atoms with Crippen LogP contribution in [0.4, 0.5) is 4.39 Å². The molecule has 5 unspecified atom stereocenters. The van der Waals surface area contributed by atoms with Gasteiger partial charge in [0.1, 0.15) is 24.6 Å². The van der Waals surface area contributed by atoms with E-state index in [-0.39, 0.29) is 30.5 Å². The molecule has 2 fully saturated rings. The number of alkyl halides is 1. The van der Waals surface area contributed by atoms with Crippen molar-refractivity contribution in [1.82, 2.24) is 0 Å². The molecule has 0 bridgehead atoms. The third-order valence-electron chi connectivity index (χ3n) is 4.72. The Labute approximate surface area is 139 Å². The zero-order valence-electron chi connectivity index (χ0n) is 12.7. The number of aliphatic hydroxyl groups is 1. The number of benzene rings is 1. The fraction of sp³-hybridized carbons (Fsp3) is 0.588. The number of carbonyl (C=O) groups excluding carboxylic acids is 1. The molecular formula is C17H20ClFO4. The Hall–Kier alpha value is -1.33. The standard InChI is InChI=1S/C17H20ClFO4/c18-10-2-1-3-12(6-10)22-9-11(19)4-5-13-14-7-17(21)23-16(14)8-15(13)20/h1-3,6,11,13-16,20H,4-5,7-9H2. The van der Waals surface area contributed by atoms with Crippen LogP contribution in [0.5, 0.6) is 5.75 Å². The third-order valence-corrected chi connectivity index (χ3v) is 4.96. The van der Waals surface area contributed by atoms with Crippen LogP contribution in [0.3, 0.4) is 0 Å². The van der Waals surface area contributed by atoms with E-state index >= 15 is 0 Å². The summed E-state index contributed by atoms with van der Waals surface area (Å²) in [5, 5.41) is 10.6. The van der Waals surface area contributed by atoms with Gasteiger partial charge in [-0.05, 0) is 37.0 Å². The summed E-state index contributed by atoms with van der Waals surface area (Å²) in [6.45, 7) is -0.0489. The molecule has 1 N–H and O–H groups in total. The second kappa shape index (κ2) is 7.05. The molecule has 1 aliphatic carbocycles. The largest absolute Gasteiger partial charge is 0.491 e. The van der Waals surface area contributed by atoms with Crippen molar-refractivity contribution in [2.45, 2.75) is 44.1 Å². The molecule has 1 heterocycles. The lowest BCUT2D eigenvalue weighted by atomic mass is 9.87. The Morgan fingerprint density at radius 2 is 2.30 bits per heavy atom. The molecule has 1 aromatic rings. The predicted molar refractivity (Wildman–Crippen MR) is 83.2 cm³/mol. The number of carbonyl (C=O) groups is 1. The molecule has 5 atom stereocenters. The molecule has 23 heavy (non-hydrogen) atoms. The summed E-state index contributed by atoms with van der Waals surface area (Å²) in [5.41, 5.74) is 0. The Bertz CT molecular complexity index is 567. The van der Waals surface area contributed by atoms with Crippen molar-refractivity contribution in [3.63, 3.8) is 0 Å². The highest BCUT2D eigenvalue weighted by Crippen LogP contribution is 2.43. The Balaban J connectivity index is 1.45. The molecule has 126 valence electrons. The minimum absolute atomic E-state index is 0.0264. The average Bonchev–Trinajstić information content (AvgIpc) is 2.98. The third kappa shape index (κ3) is 3.96. The maximum atomic E-state index is 14.1. The van der Waals surface area contributed by atoms with Crippen molar-refractivity contribution in [2.24, 2.45) is 11.8 Å². The van der Waals surface area contributed by atoms with Crippen molar-refractivity contribution in [2.75, 3.05) is 6.61 Å². The van der Waals surface area contributed by atoms with Crippen molar-refractivity contribution < 1.29 is 23.8 Å². The fourth-order valence-electron chi connectivity index (χ4n) is 3.58. The number of rotatable bonds is 6. The first-order chi connectivity index (χ1) is 11.0. The number of hydrogen-bond donors (Lipinski definition) is 1. The summed E-state index contributed by atoms with van der Waals surface area (Å²) in [4.78, 5) is 11.3. The van der Waals surface area contributed by atoms with E-state index in [1.165, 1.54) is 0 Å². The first-order valence-corrected chi connectivity index (χ1v) is 8.30. The van der Waals surface area contributed by atoms with Crippen LogP contribution in [-0.2, 0) is 9.53 Å². The van der Waals surface area contributed by atoms with E-state index in [1.54, 1.807) is 24.3 Å². The number of halogens is 2. The molecule has 1 saturated heterocycles. The van der Waals surface area contributed by atoms with Gasteiger partial charge >= 0.3 is 5.97 Å². The Morgan fingerprint density at radius 1 is 1.48 bits per heavy atom. The summed E-state index contributed by atoms with van der Waals surface area (Å²) in [5.74, 6) is 0.281. The normalized spacial score (nSPS) is 30.8. The Morgan fingerprint density at radius 3 is 3.09 bits per heavy atom. The van der Waals surface area contributed by atoms with Gasteiger partial charge in [0.15, 0.2) is 0 Å². The fourth-order valence-corrected chi connectivity index (χ4v) is 3.76. The summed E-state index contributed by atoms with van der Waals surface area (Å²) in [6, 6.07) is 6.84. The molecule has 0 radical (unpaired) electrons. The molecule has 1 aliphatic heterocycles. The van der Waals surface area contributed by atoms with Crippen LogP contribution in [0.2, 0.25) is 5.02 Å². The van der Waals surface area contributed by atoms with Crippen LogP contribution in [0, 0.1) is 11.8 Å². The van der Waals surface area contributed by atoms with Gasteiger partial charge in [0.2, 0.25) is 0 Å². The summed E-state index contributed by atoms with van der Waals surface area (Å²) in [6.07, 6.45) is -0.210. The minimum Gasteiger partial charge on any atom is -0.491 e. The van der Waals surface area contributed by atoms with E-state index < -0.39 is 12.3 Å². The lowest BCUT2D eigenvalue weighted by Gasteiger charge is -2.20. The van der Waals surface area contributed by atoms with Gasteiger partial charge < -0.3 is 14.6 Å². The quantitative estimate of drug-likeness (QED) is 0.807. The van der Waals surface area contributed by atoms with Gasteiger partial charge in [-0.1, -0.05) is 17.7 Å². The maximum absolute atomic E-state index is 14.1. The average molecular weight is 343 g/mol. The summed E-state index contributed by atoms with van der Waals surface area (Å²) >= 11 is 5.85. The van der Waals surface area contributed by atoms with Crippen molar-refractivity contribution in [3.8, 4) is 5.75 Å². The molecule has 6 heteroatoms. The van der Waals surface area contributed by atoms with Crippen LogP contribution in [0.25, 0.3) is 0 Å². The number of ether oxygens (including phenoxy) is 2. The van der Waals surface area contributed by atoms with Crippen molar-refractivity contribution in [3.05, 3.63) is 29.3 Å². The Kier molecular flexibility index (Phi) is 5.07. The monoisotopic (exact) mass is 342 g/mol. The zero-order chi connectivity index (χ0) is 16.4. The highest BCUT2D eigenvalue weighted by Gasteiger charge is 2.49. The number of fused-ring (bicyclic) bond motifs is 1. The van der Waals surface area contributed by atoms with Crippen LogP contribution in [0.1, 0.15) is 25.7 Å². The molecule has 4 nitrogen and oxygen atoms in total. The van der Waals surface area contributed by atoms with E-state index in [1.807, 2.05) is 0 Å². The SMILES string of the molecule is O=C1CC2C(CC(O)C2CCC(F)COc2cccc(Cl)c2)O1. The van der Waals surface area contributed by atoms with Gasteiger partial charge in [-0.15, -0.1) is 0 Å². The maximum Gasteiger partial charge on any atom is 0.306 e. The summed E-state index contributed by atoms with van der Waals surface area (Å²) < 4.78 is 24.6. The van der Waals surface area contributed by atoms with Crippen LogP contribution < -0.4 is 4.74 Å². The van der Waals surface area contributed by atoms with Crippen LogP contribution in [-0.4, -0.2) is 36.1 Å². The first-order valence-electron chi connectivity index (χ1n) is 7.93. The molecule has 0 amide bonds.